The molecule has 0 spiro atoms. The molecule has 0 aliphatic heterocycles. The van der Waals surface area contributed by atoms with Crippen LogP contribution in [0.3, 0.4) is 0 Å². The lowest BCUT2D eigenvalue weighted by Crippen LogP contribution is -1.94. The van der Waals surface area contributed by atoms with Gasteiger partial charge in [-0.05, 0) is 41.6 Å². The Morgan fingerprint density at radius 2 is 2.00 bits per heavy atom. The van der Waals surface area contributed by atoms with E-state index in [0.29, 0.717) is 5.56 Å². The lowest BCUT2D eigenvalue weighted by atomic mass is 10.1. The molecule has 2 nitrogen and oxygen atoms in total. The number of rotatable bonds is 2. The van der Waals surface area contributed by atoms with E-state index in [1.54, 1.807) is 30.4 Å². The van der Waals surface area contributed by atoms with Crippen LogP contribution in [0.25, 0.3) is 10.4 Å². The first-order valence-corrected chi connectivity index (χ1v) is 7.76. The highest BCUT2D eigenvalue weighted by Crippen LogP contribution is 2.28. The summed E-state index contributed by atoms with van der Waals surface area (Å²) in [6, 6.07) is 9.11. The van der Waals surface area contributed by atoms with Crippen molar-refractivity contribution in [2.45, 2.75) is 11.8 Å². The quantitative estimate of drug-likeness (QED) is 0.782. The molecule has 1 aromatic heterocycles. The summed E-state index contributed by atoms with van der Waals surface area (Å²) in [5.74, 6) is 0. The van der Waals surface area contributed by atoms with Crippen LogP contribution in [0.4, 0.5) is 0 Å². The Morgan fingerprint density at radius 1 is 1.25 bits per heavy atom. The van der Waals surface area contributed by atoms with Gasteiger partial charge < -0.3 is 0 Å². The molecular formula is C11H9ClO2S2. The minimum atomic E-state index is -3.64. The third kappa shape index (κ3) is 2.29. The maximum atomic E-state index is 11.2. The number of thiophene rings is 1. The molecule has 1 aromatic carbocycles. The second-order valence-corrected chi connectivity index (χ2v) is 6.88. The minimum Gasteiger partial charge on any atom is -0.207 e. The van der Waals surface area contributed by atoms with E-state index in [4.69, 9.17) is 10.7 Å². The van der Waals surface area contributed by atoms with E-state index < -0.39 is 9.05 Å². The van der Waals surface area contributed by atoms with E-state index in [0.717, 1.165) is 10.4 Å². The predicted octanol–water partition coefficient (Wildman–Crippen LogP) is 3.65. The van der Waals surface area contributed by atoms with Crippen molar-refractivity contribution >= 4 is 31.1 Å². The average Bonchev–Trinajstić information content (AvgIpc) is 2.68. The van der Waals surface area contributed by atoms with Crippen LogP contribution in [0, 0.1) is 6.92 Å². The molecule has 0 aliphatic carbocycles. The van der Waals surface area contributed by atoms with Crippen molar-refractivity contribution in [2.75, 3.05) is 0 Å². The summed E-state index contributed by atoms with van der Waals surface area (Å²) in [4.78, 5) is 1.29. The van der Waals surface area contributed by atoms with Gasteiger partial charge in [0.1, 0.15) is 0 Å². The molecule has 0 saturated carbocycles. The highest BCUT2D eigenvalue weighted by molar-refractivity contribution is 8.13. The highest BCUT2D eigenvalue weighted by atomic mass is 35.7. The van der Waals surface area contributed by atoms with E-state index in [2.05, 4.69) is 0 Å². The normalized spacial score (nSPS) is 11.6. The van der Waals surface area contributed by atoms with Gasteiger partial charge >= 0.3 is 0 Å². The maximum Gasteiger partial charge on any atom is 0.261 e. The van der Waals surface area contributed by atoms with Gasteiger partial charge in [-0.2, -0.15) is 0 Å². The number of benzene rings is 1. The molecule has 0 amide bonds. The monoisotopic (exact) mass is 272 g/mol. The van der Waals surface area contributed by atoms with Gasteiger partial charge in [0.15, 0.2) is 0 Å². The zero-order valence-corrected chi connectivity index (χ0v) is 10.9. The number of hydrogen-bond donors (Lipinski definition) is 0. The van der Waals surface area contributed by atoms with Gasteiger partial charge in [-0.1, -0.05) is 12.1 Å². The minimum absolute atomic E-state index is 0.175. The third-order valence-corrected chi connectivity index (χ3v) is 4.64. The first-order chi connectivity index (χ1) is 7.48. The first kappa shape index (κ1) is 11.6. The molecule has 84 valence electrons. The van der Waals surface area contributed by atoms with Crippen LogP contribution in [-0.2, 0) is 9.05 Å². The molecule has 2 rings (SSSR count). The standard InChI is InChI=1S/C11H9ClO2S2/c1-8-7-9(10-3-2-6-15-10)4-5-11(8)16(12,13)14/h2-7H,1H3. The first-order valence-electron chi connectivity index (χ1n) is 4.57. The molecule has 0 N–H and O–H groups in total. The Bertz CT molecular complexity index is 601. The molecule has 0 fully saturated rings. The summed E-state index contributed by atoms with van der Waals surface area (Å²) in [6.07, 6.45) is 0. The number of halogens is 1. The summed E-state index contributed by atoms with van der Waals surface area (Å²) < 4.78 is 22.4. The average molecular weight is 273 g/mol. The highest BCUT2D eigenvalue weighted by Gasteiger charge is 2.13. The van der Waals surface area contributed by atoms with Gasteiger partial charge in [0.05, 0.1) is 4.90 Å². The molecule has 1 heterocycles. The fourth-order valence-corrected chi connectivity index (χ4v) is 3.44. The van der Waals surface area contributed by atoms with E-state index >= 15 is 0 Å². The fraction of sp³-hybridized carbons (Fsp3) is 0.0909. The van der Waals surface area contributed by atoms with Gasteiger partial charge in [0.25, 0.3) is 9.05 Å². The lowest BCUT2D eigenvalue weighted by Gasteiger charge is -2.04. The van der Waals surface area contributed by atoms with Crippen molar-refractivity contribution < 1.29 is 8.42 Å². The number of hydrogen-bond acceptors (Lipinski definition) is 3. The van der Waals surface area contributed by atoms with Crippen LogP contribution in [0.2, 0.25) is 0 Å². The lowest BCUT2D eigenvalue weighted by molar-refractivity contribution is 0.609. The zero-order chi connectivity index (χ0) is 11.8. The Balaban J connectivity index is 2.53. The van der Waals surface area contributed by atoms with Crippen LogP contribution < -0.4 is 0 Å². The smallest absolute Gasteiger partial charge is 0.207 e. The van der Waals surface area contributed by atoms with Crippen LogP contribution in [0.1, 0.15) is 5.56 Å². The second kappa shape index (κ2) is 4.20. The van der Waals surface area contributed by atoms with Crippen LogP contribution >= 0.6 is 22.0 Å². The molecule has 16 heavy (non-hydrogen) atoms. The third-order valence-electron chi connectivity index (χ3n) is 2.24. The second-order valence-electron chi connectivity index (χ2n) is 3.40. The molecule has 0 radical (unpaired) electrons. The molecule has 5 heteroatoms. The van der Waals surface area contributed by atoms with Gasteiger partial charge in [-0.3, -0.25) is 0 Å². The van der Waals surface area contributed by atoms with Crippen molar-refractivity contribution in [3.8, 4) is 10.4 Å². The van der Waals surface area contributed by atoms with Gasteiger partial charge in [-0.15, -0.1) is 11.3 Å². The molecule has 2 aromatic rings. The Kier molecular flexibility index (Phi) is 3.06. The van der Waals surface area contributed by atoms with Crippen molar-refractivity contribution in [1.82, 2.24) is 0 Å². The summed E-state index contributed by atoms with van der Waals surface area (Å²) in [7, 11) is 1.67. The van der Waals surface area contributed by atoms with Crippen LogP contribution in [0.15, 0.2) is 40.6 Å². The largest absolute Gasteiger partial charge is 0.261 e. The van der Waals surface area contributed by atoms with E-state index in [-0.39, 0.29) is 4.90 Å². The van der Waals surface area contributed by atoms with Gasteiger partial charge in [0.2, 0.25) is 0 Å². The van der Waals surface area contributed by atoms with Gasteiger partial charge in [0, 0.05) is 15.6 Å². The Morgan fingerprint density at radius 3 is 2.50 bits per heavy atom. The molecule has 0 saturated heterocycles. The SMILES string of the molecule is Cc1cc(-c2cccs2)ccc1S(=O)(=O)Cl. The van der Waals surface area contributed by atoms with Crippen LogP contribution in [-0.4, -0.2) is 8.42 Å². The molecular weight excluding hydrogens is 264 g/mol. The zero-order valence-electron chi connectivity index (χ0n) is 8.48. The Labute approximate surface area is 103 Å². The predicted molar refractivity (Wildman–Crippen MR) is 67.5 cm³/mol. The maximum absolute atomic E-state index is 11.2. The molecule has 0 unspecified atom stereocenters. The molecule has 0 bridgehead atoms. The number of aryl methyl sites for hydroxylation is 1. The van der Waals surface area contributed by atoms with Crippen molar-refractivity contribution in [3.05, 3.63) is 41.3 Å². The van der Waals surface area contributed by atoms with Crippen molar-refractivity contribution in [1.29, 1.82) is 0 Å². The van der Waals surface area contributed by atoms with Crippen molar-refractivity contribution in [3.63, 3.8) is 0 Å². The van der Waals surface area contributed by atoms with Crippen molar-refractivity contribution in [2.24, 2.45) is 0 Å². The fourth-order valence-electron chi connectivity index (χ4n) is 1.52. The van der Waals surface area contributed by atoms with E-state index in [9.17, 15) is 8.42 Å². The Hall–Kier alpha value is -0.840. The topological polar surface area (TPSA) is 34.1 Å². The molecule has 0 aliphatic rings. The summed E-state index contributed by atoms with van der Waals surface area (Å²) in [5.41, 5.74) is 1.68. The van der Waals surface area contributed by atoms with E-state index in [1.807, 2.05) is 23.6 Å². The summed E-state index contributed by atoms with van der Waals surface area (Å²) in [6.45, 7) is 1.74. The van der Waals surface area contributed by atoms with Crippen LogP contribution in [0.5, 0.6) is 0 Å². The van der Waals surface area contributed by atoms with E-state index in [1.165, 1.54) is 0 Å². The summed E-state index contributed by atoms with van der Waals surface area (Å²) >= 11 is 1.62. The summed E-state index contributed by atoms with van der Waals surface area (Å²) in [5, 5.41) is 1.98. The molecule has 0 atom stereocenters. The van der Waals surface area contributed by atoms with Gasteiger partial charge in [-0.25, -0.2) is 8.42 Å².